The zero-order valence-corrected chi connectivity index (χ0v) is 11.4. The summed E-state index contributed by atoms with van der Waals surface area (Å²) in [5, 5.41) is 8.22. The number of hydrogen-bond donors (Lipinski definition) is 0. The average Bonchev–Trinajstić information content (AvgIpc) is 2.89. The third kappa shape index (κ3) is 2.61. The van der Waals surface area contributed by atoms with Crippen LogP contribution in [0.3, 0.4) is 0 Å². The van der Waals surface area contributed by atoms with E-state index in [1.165, 1.54) is 0 Å². The summed E-state index contributed by atoms with van der Waals surface area (Å²) in [7, 11) is 0. The molecule has 0 radical (unpaired) electrons. The molecule has 0 saturated carbocycles. The number of benzene rings is 2. The van der Waals surface area contributed by atoms with Crippen LogP contribution in [0.2, 0.25) is 0 Å². The Balaban J connectivity index is 1.74. The third-order valence-corrected chi connectivity index (χ3v) is 3.81. The van der Waals surface area contributed by atoms with E-state index < -0.39 is 11.1 Å². The number of aryl methyl sites for hydroxylation is 2. The van der Waals surface area contributed by atoms with Gasteiger partial charge in [-0.1, -0.05) is 29.5 Å². The number of hydrogen-bond acceptors (Lipinski definition) is 4. The van der Waals surface area contributed by atoms with Gasteiger partial charge in [0.2, 0.25) is 0 Å². The molecule has 20 heavy (non-hydrogen) atoms. The lowest BCUT2D eigenvalue weighted by atomic mass is 10.1. The highest BCUT2D eigenvalue weighted by Crippen LogP contribution is 2.12. The molecule has 1 unspecified atom stereocenters. The van der Waals surface area contributed by atoms with Crippen LogP contribution in [-0.2, 0) is 24.0 Å². The highest BCUT2D eigenvalue weighted by molar-refractivity contribution is 7.79. The summed E-state index contributed by atoms with van der Waals surface area (Å²) >= 11 is -2.17. The molecule has 6 heteroatoms. The molecule has 1 heterocycles. The number of rotatable bonds is 4. The molecule has 0 fully saturated rings. The number of aromatic nitrogens is 3. The molecular formula is C14H12N3O2S-. The first-order valence-electron chi connectivity index (χ1n) is 6.20. The van der Waals surface area contributed by atoms with Gasteiger partial charge in [-0.15, -0.1) is 5.10 Å². The highest BCUT2D eigenvalue weighted by Gasteiger charge is 2.03. The molecule has 0 saturated heterocycles. The summed E-state index contributed by atoms with van der Waals surface area (Å²) in [6.45, 7) is 0.709. The molecule has 2 aromatic carbocycles. The second-order valence-corrected chi connectivity index (χ2v) is 5.37. The van der Waals surface area contributed by atoms with Crippen molar-refractivity contribution in [1.82, 2.24) is 15.0 Å². The van der Waals surface area contributed by atoms with Crippen LogP contribution in [0.5, 0.6) is 0 Å². The fourth-order valence-corrected chi connectivity index (χ4v) is 2.44. The van der Waals surface area contributed by atoms with Crippen molar-refractivity contribution < 1.29 is 8.76 Å². The Morgan fingerprint density at radius 3 is 2.60 bits per heavy atom. The van der Waals surface area contributed by atoms with E-state index in [2.05, 4.69) is 10.3 Å². The maximum absolute atomic E-state index is 10.8. The minimum atomic E-state index is -2.17. The van der Waals surface area contributed by atoms with E-state index in [9.17, 15) is 8.76 Å². The van der Waals surface area contributed by atoms with E-state index in [1.54, 1.807) is 12.1 Å². The van der Waals surface area contributed by atoms with Gasteiger partial charge in [-0.3, -0.25) is 4.21 Å². The van der Waals surface area contributed by atoms with Crippen molar-refractivity contribution in [2.75, 3.05) is 0 Å². The van der Waals surface area contributed by atoms with Gasteiger partial charge < -0.3 is 4.55 Å². The van der Waals surface area contributed by atoms with Crippen LogP contribution < -0.4 is 0 Å². The van der Waals surface area contributed by atoms with Gasteiger partial charge in [0, 0.05) is 11.4 Å². The van der Waals surface area contributed by atoms with Crippen LogP contribution >= 0.6 is 0 Å². The summed E-state index contributed by atoms with van der Waals surface area (Å²) < 4.78 is 23.4. The maximum atomic E-state index is 10.8. The van der Waals surface area contributed by atoms with Crippen molar-refractivity contribution in [3.05, 3.63) is 54.1 Å². The van der Waals surface area contributed by atoms with Crippen LogP contribution in [0, 0.1) is 0 Å². The largest absolute Gasteiger partial charge is 0.768 e. The SMILES string of the molecule is O=S([O-])c1ccc(CCn2nnc3ccccc32)cc1. The first-order chi connectivity index (χ1) is 9.74. The smallest absolute Gasteiger partial charge is 0.113 e. The van der Waals surface area contributed by atoms with Crippen molar-refractivity contribution in [1.29, 1.82) is 0 Å². The predicted octanol–water partition coefficient (Wildman–Crippen LogP) is 1.91. The van der Waals surface area contributed by atoms with Crippen LogP contribution in [0.15, 0.2) is 53.4 Å². The number of para-hydroxylation sites is 1. The highest BCUT2D eigenvalue weighted by atomic mass is 32.2. The normalized spacial score (nSPS) is 12.7. The van der Waals surface area contributed by atoms with E-state index in [1.807, 2.05) is 41.1 Å². The molecule has 1 atom stereocenters. The van der Waals surface area contributed by atoms with Crippen LogP contribution in [0.25, 0.3) is 11.0 Å². The van der Waals surface area contributed by atoms with E-state index in [4.69, 9.17) is 0 Å². The Kier molecular flexibility index (Phi) is 3.58. The maximum Gasteiger partial charge on any atom is 0.113 e. The van der Waals surface area contributed by atoms with Crippen molar-refractivity contribution in [3.8, 4) is 0 Å². The topological polar surface area (TPSA) is 70.8 Å². The lowest BCUT2D eigenvalue weighted by Crippen LogP contribution is -2.03. The molecule has 3 rings (SSSR count). The van der Waals surface area contributed by atoms with Gasteiger partial charge in [0.15, 0.2) is 0 Å². The van der Waals surface area contributed by atoms with Gasteiger partial charge in [-0.25, -0.2) is 4.68 Å². The van der Waals surface area contributed by atoms with E-state index in [0.29, 0.717) is 11.4 Å². The summed E-state index contributed by atoms with van der Waals surface area (Å²) in [6.07, 6.45) is 0.777. The van der Waals surface area contributed by atoms with Crippen LogP contribution in [-0.4, -0.2) is 23.8 Å². The van der Waals surface area contributed by atoms with Gasteiger partial charge in [-0.05, 0) is 47.3 Å². The van der Waals surface area contributed by atoms with Crippen LogP contribution in [0.4, 0.5) is 0 Å². The molecular weight excluding hydrogens is 274 g/mol. The monoisotopic (exact) mass is 286 g/mol. The van der Waals surface area contributed by atoms with Gasteiger partial charge in [0.05, 0.1) is 5.52 Å². The first-order valence-corrected chi connectivity index (χ1v) is 7.28. The predicted molar refractivity (Wildman–Crippen MR) is 74.9 cm³/mol. The number of nitrogens with zero attached hydrogens (tertiary/aromatic N) is 3. The van der Waals surface area contributed by atoms with E-state index >= 15 is 0 Å². The molecule has 0 aliphatic carbocycles. The van der Waals surface area contributed by atoms with E-state index in [0.717, 1.165) is 23.0 Å². The molecule has 0 bridgehead atoms. The Morgan fingerprint density at radius 2 is 1.85 bits per heavy atom. The van der Waals surface area contributed by atoms with Crippen molar-refractivity contribution in [3.63, 3.8) is 0 Å². The Morgan fingerprint density at radius 1 is 1.10 bits per heavy atom. The minimum Gasteiger partial charge on any atom is -0.768 e. The Labute approximate surface area is 118 Å². The molecule has 0 N–H and O–H groups in total. The Bertz CT molecular complexity index is 752. The fraction of sp³-hybridized carbons (Fsp3) is 0.143. The van der Waals surface area contributed by atoms with E-state index in [-0.39, 0.29) is 0 Å². The molecule has 0 amide bonds. The molecule has 1 aromatic heterocycles. The average molecular weight is 286 g/mol. The molecule has 5 nitrogen and oxygen atoms in total. The quantitative estimate of drug-likeness (QED) is 0.687. The van der Waals surface area contributed by atoms with Gasteiger partial charge in [0.25, 0.3) is 0 Å². The zero-order valence-electron chi connectivity index (χ0n) is 10.6. The summed E-state index contributed by atoms with van der Waals surface area (Å²) in [5.74, 6) is 0. The summed E-state index contributed by atoms with van der Waals surface area (Å²) in [4.78, 5) is 0.306. The minimum absolute atomic E-state index is 0.306. The lowest BCUT2D eigenvalue weighted by Gasteiger charge is -2.06. The van der Waals surface area contributed by atoms with Crippen molar-refractivity contribution in [2.24, 2.45) is 0 Å². The summed E-state index contributed by atoms with van der Waals surface area (Å²) in [6, 6.07) is 14.7. The van der Waals surface area contributed by atoms with Crippen molar-refractivity contribution >= 4 is 22.1 Å². The van der Waals surface area contributed by atoms with Gasteiger partial charge in [-0.2, -0.15) is 0 Å². The van der Waals surface area contributed by atoms with Crippen LogP contribution in [0.1, 0.15) is 5.56 Å². The van der Waals surface area contributed by atoms with Gasteiger partial charge in [0.1, 0.15) is 5.52 Å². The third-order valence-electron chi connectivity index (χ3n) is 3.15. The van der Waals surface area contributed by atoms with Gasteiger partial charge >= 0.3 is 0 Å². The number of fused-ring (bicyclic) bond motifs is 1. The Hall–Kier alpha value is -2.05. The molecule has 102 valence electrons. The van der Waals surface area contributed by atoms with Crippen molar-refractivity contribution in [2.45, 2.75) is 17.9 Å². The summed E-state index contributed by atoms with van der Waals surface area (Å²) in [5.41, 5.74) is 2.95. The molecule has 3 aromatic rings. The zero-order chi connectivity index (χ0) is 13.9. The first kappa shape index (κ1) is 13.0. The molecule has 0 aliphatic rings. The second-order valence-electron chi connectivity index (χ2n) is 4.43. The standard InChI is InChI=1S/C14H13N3O2S/c18-20(19)12-7-5-11(6-8-12)9-10-17-14-4-2-1-3-13(14)15-16-17/h1-8H,9-10H2,(H,18,19)/p-1. The molecule has 0 spiro atoms. The fourth-order valence-electron chi connectivity index (χ4n) is 2.08. The second kappa shape index (κ2) is 5.52. The lowest BCUT2D eigenvalue weighted by molar-refractivity contribution is 0.537. The molecule has 0 aliphatic heterocycles.